The Bertz CT molecular complexity index is 647. The first-order chi connectivity index (χ1) is 10.0. The fraction of sp³-hybridized carbons (Fsp3) is 0.286. The molecule has 2 amide bonds. The molecule has 1 aliphatic heterocycles. The zero-order valence-corrected chi connectivity index (χ0v) is 11.7. The minimum Gasteiger partial charge on any atom is -0.330 e. The Morgan fingerprint density at radius 2 is 2.05 bits per heavy atom. The molecule has 1 aliphatic rings. The van der Waals surface area contributed by atoms with Gasteiger partial charge in [0.25, 0.3) is 0 Å². The Kier molecular flexibility index (Phi) is 4.25. The van der Waals surface area contributed by atoms with Gasteiger partial charge in [0, 0.05) is 21.7 Å². The standard InChI is InChI=1S/C14H15N5O2/c1-8-11(13(20)10-6-4-3-5-7-10)12(9(2)18-19-15)17-14(21)16-8/h3-7,9,12H,1-2H3,(H2,16,17,21). The molecule has 7 heteroatoms. The van der Waals surface area contributed by atoms with Crippen LogP contribution in [0.25, 0.3) is 10.4 Å². The highest BCUT2D eigenvalue weighted by Gasteiger charge is 2.33. The molecular weight excluding hydrogens is 270 g/mol. The van der Waals surface area contributed by atoms with E-state index in [4.69, 9.17) is 5.53 Å². The van der Waals surface area contributed by atoms with Crippen LogP contribution in [-0.2, 0) is 0 Å². The van der Waals surface area contributed by atoms with E-state index in [1.807, 2.05) is 6.07 Å². The van der Waals surface area contributed by atoms with Crippen molar-refractivity contribution in [2.24, 2.45) is 5.11 Å². The Morgan fingerprint density at radius 3 is 2.67 bits per heavy atom. The van der Waals surface area contributed by atoms with Crippen LogP contribution in [0.15, 0.2) is 46.7 Å². The number of amides is 2. The number of carbonyl (C=O) groups excluding carboxylic acids is 2. The third-order valence-electron chi connectivity index (χ3n) is 3.30. The lowest BCUT2D eigenvalue weighted by Crippen LogP contribution is -2.53. The predicted octanol–water partition coefficient (Wildman–Crippen LogP) is 2.52. The molecule has 7 nitrogen and oxygen atoms in total. The summed E-state index contributed by atoms with van der Waals surface area (Å²) in [6.07, 6.45) is 0. The second kappa shape index (κ2) is 6.11. The number of urea groups is 1. The quantitative estimate of drug-likeness (QED) is 0.384. The third-order valence-corrected chi connectivity index (χ3v) is 3.30. The van der Waals surface area contributed by atoms with Crippen LogP contribution in [0.3, 0.4) is 0 Å². The minimum absolute atomic E-state index is 0.203. The smallest absolute Gasteiger partial charge is 0.319 e. The SMILES string of the molecule is CC1=C(C(=O)c2ccccc2)C(C(C)N=[N+]=[N-])NC(=O)N1. The highest BCUT2D eigenvalue weighted by Crippen LogP contribution is 2.21. The van der Waals surface area contributed by atoms with Crippen molar-refractivity contribution in [2.45, 2.75) is 25.9 Å². The lowest BCUT2D eigenvalue weighted by molar-refractivity contribution is 0.102. The fourth-order valence-electron chi connectivity index (χ4n) is 2.29. The van der Waals surface area contributed by atoms with Gasteiger partial charge in [-0.3, -0.25) is 4.79 Å². The van der Waals surface area contributed by atoms with E-state index in [9.17, 15) is 9.59 Å². The molecule has 0 radical (unpaired) electrons. The second-order valence-electron chi connectivity index (χ2n) is 4.76. The van der Waals surface area contributed by atoms with Gasteiger partial charge < -0.3 is 10.6 Å². The van der Waals surface area contributed by atoms with Gasteiger partial charge in [0.05, 0.1) is 12.1 Å². The van der Waals surface area contributed by atoms with Gasteiger partial charge in [0.15, 0.2) is 5.78 Å². The summed E-state index contributed by atoms with van der Waals surface area (Å²) in [5.74, 6) is -0.203. The van der Waals surface area contributed by atoms with Crippen molar-refractivity contribution < 1.29 is 9.59 Å². The van der Waals surface area contributed by atoms with Gasteiger partial charge in [-0.15, -0.1) is 0 Å². The molecular formula is C14H15N5O2. The van der Waals surface area contributed by atoms with Crippen LogP contribution in [0.1, 0.15) is 24.2 Å². The average Bonchev–Trinajstić information content (AvgIpc) is 2.47. The first-order valence-corrected chi connectivity index (χ1v) is 6.47. The maximum Gasteiger partial charge on any atom is 0.319 e. The molecule has 21 heavy (non-hydrogen) atoms. The van der Waals surface area contributed by atoms with Crippen LogP contribution >= 0.6 is 0 Å². The van der Waals surface area contributed by atoms with E-state index in [-0.39, 0.29) is 5.78 Å². The Hall–Kier alpha value is -2.79. The molecule has 0 saturated carbocycles. The molecule has 0 fully saturated rings. The third kappa shape index (κ3) is 3.04. The summed E-state index contributed by atoms with van der Waals surface area (Å²) < 4.78 is 0. The van der Waals surface area contributed by atoms with Crippen LogP contribution in [0, 0.1) is 0 Å². The van der Waals surface area contributed by atoms with Gasteiger partial charge in [-0.05, 0) is 12.5 Å². The summed E-state index contributed by atoms with van der Waals surface area (Å²) in [4.78, 5) is 27.0. The summed E-state index contributed by atoms with van der Waals surface area (Å²) in [5.41, 5.74) is 9.96. The largest absolute Gasteiger partial charge is 0.330 e. The van der Waals surface area contributed by atoms with Gasteiger partial charge >= 0.3 is 6.03 Å². The molecule has 0 bridgehead atoms. The van der Waals surface area contributed by atoms with Crippen molar-refractivity contribution in [1.29, 1.82) is 0 Å². The van der Waals surface area contributed by atoms with E-state index in [1.54, 1.807) is 38.1 Å². The molecule has 0 spiro atoms. The molecule has 2 atom stereocenters. The zero-order valence-electron chi connectivity index (χ0n) is 11.7. The number of allylic oxidation sites excluding steroid dienone is 1. The number of benzene rings is 1. The number of azide groups is 1. The van der Waals surface area contributed by atoms with Gasteiger partial charge in [-0.1, -0.05) is 42.4 Å². The van der Waals surface area contributed by atoms with Crippen molar-refractivity contribution >= 4 is 11.8 Å². The molecule has 1 aromatic carbocycles. The normalized spacial score (nSPS) is 19.1. The molecule has 2 N–H and O–H groups in total. The summed E-state index contributed by atoms with van der Waals surface area (Å²) in [6, 6.07) is 7.12. The molecule has 2 rings (SSSR count). The molecule has 1 aromatic rings. The number of hydrogen-bond donors (Lipinski definition) is 2. The molecule has 0 aromatic heterocycles. The topological polar surface area (TPSA) is 107 Å². The van der Waals surface area contributed by atoms with Crippen molar-refractivity contribution in [2.75, 3.05) is 0 Å². The lowest BCUT2D eigenvalue weighted by Gasteiger charge is -2.30. The Labute approximate surface area is 121 Å². The maximum atomic E-state index is 12.7. The number of ketones is 1. The van der Waals surface area contributed by atoms with E-state index in [1.165, 1.54) is 0 Å². The first-order valence-electron chi connectivity index (χ1n) is 6.47. The van der Waals surface area contributed by atoms with Crippen LogP contribution in [0.5, 0.6) is 0 Å². The summed E-state index contributed by atoms with van der Waals surface area (Å²) in [5, 5.41) is 8.81. The van der Waals surface area contributed by atoms with Crippen molar-refractivity contribution in [3.8, 4) is 0 Å². The first kappa shape index (κ1) is 14.6. The van der Waals surface area contributed by atoms with Gasteiger partial charge in [0.2, 0.25) is 0 Å². The van der Waals surface area contributed by atoms with Gasteiger partial charge in [-0.25, -0.2) is 4.79 Å². The molecule has 0 saturated heterocycles. The van der Waals surface area contributed by atoms with Crippen LogP contribution in [0.4, 0.5) is 4.79 Å². The van der Waals surface area contributed by atoms with E-state index in [0.29, 0.717) is 16.8 Å². The second-order valence-corrected chi connectivity index (χ2v) is 4.76. The molecule has 0 aliphatic carbocycles. The molecule has 1 heterocycles. The number of hydrogen-bond acceptors (Lipinski definition) is 3. The Balaban J connectivity index is 2.45. The number of Topliss-reactive ketones (excluding diaryl/α,β-unsaturated/α-hetero) is 1. The lowest BCUT2D eigenvalue weighted by atomic mass is 9.90. The van der Waals surface area contributed by atoms with Gasteiger partial charge in [-0.2, -0.15) is 0 Å². The van der Waals surface area contributed by atoms with Crippen molar-refractivity contribution in [3.05, 3.63) is 57.6 Å². The monoisotopic (exact) mass is 285 g/mol. The molecule has 108 valence electrons. The van der Waals surface area contributed by atoms with Gasteiger partial charge in [0.1, 0.15) is 0 Å². The molecule has 2 unspecified atom stereocenters. The number of rotatable bonds is 4. The zero-order chi connectivity index (χ0) is 15.4. The minimum atomic E-state index is -0.651. The van der Waals surface area contributed by atoms with E-state index >= 15 is 0 Å². The summed E-state index contributed by atoms with van der Waals surface area (Å²) in [7, 11) is 0. The van der Waals surface area contributed by atoms with Crippen LogP contribution in [0.2, 0.25) is 0 Å². The number of nitrogens with zero attached hydrogens (tertiary/aromatic N) is 3. The van der Waals surface area contributed by atoms with E-state index in [2.05, 4.69) is 20.7 Å². The highest BCUT2D eigenvalue weighted by molar-refractivity contribution is 6.11. The Morgan fingerprint density at radius 1 is 1.38 bits per heavy atom. The van der Waals surface area contributed by atoms with Crippen molar-refractivity contribution in [1.82, 2.24) is 10.6 Å². The van der Waals surface area contributed by atoms with Crippen LogP contribution < -0.4 is 10.6 Å². The maximum absolute atomic E-state index is 12.7. The summed E-state index contributed by atoms with van der Waals surface area (Å²) >= 11 is 0. The average molecular weight is 285 g/mol. The van der Waals surface area contributed by atoms with Crippen molar-refractivity contribution in [3.63, 3.8) is 0 Å². The number of nitrogens with one attached hydrogen (secondary N) is 2. The highest BCUT2D eigenvalue weighted by atomic mass is 16.2. The van der Waals surface area contributed by atoms with E-state index in [0.717, 1.165) is 0 Å². The van der Waals surface area contributed by atoms with Crippen LogP contribution in [-0.4, -0.2) is 23.9 Å². The summed E-state index contributed by atoms with van der Waals surface area (Å²) in [6.45, 7) is 3.31. The number of carbonyl (C=O) groups is 2. The van der Waals surface area contributed by atoms with E-state index < -0.39 is 18.1 Å². The predicted molar refractivity (Wildman–Crippen MR) is 77.5 cm³/mol. The fourth-order valence-corrected chi connectivity index (χ4v) is 2.29.